The molecule has 0 saturated heterocycles. The lowest BCUT2D eigenvalue weighted by Crippen LogP contribution is -2.32. The van der Waals surface area contributed by atoms with E-state index in [1.54, 1.807) is 0 Å². The molecule has 2 heterocycles. The first kappa shape index (κ1) is 18.6. The Morgan fingerprint density at radius 3 is 2.69 bits per heavy atom. The standard InChI is InChI=1S/C21H30N4O/c1-6-14(2)22-19-12-20(24-15(3)23-19)25-10-9-16-11-18(21(4,5)26)8-7-17(16)13-25/h7-8,11-12,14,26H,6,9-10,13H2,1-5H3,(H,22,23,24)/t14-/m0/s1. The van der Waals surface area contributed by atoms with E-state index in [0.717, 1.165) is 49.0 Å². The van der Waals surface area contributed by atoms with Gasteiger partial charge in [-0.05, 0) is 57.2 Å². The number of benzene rings is 1. The third kappa shape index (κ3) is 4.15. The summed E-state index contributed by atoms with van der Waals surface area (Å²) in [5.41, 5.74) is 2.80. The Hall–Kier alpha value is -2.14. The molecule has 0 radical (unpaired) electrons. The summed E-state index contributed by atoms with van der Waals surface area (Å²) in [5, 5.41) is 13.7. The quantitative estimate of drug-likeness (QED) is 0.855. The van der Waals surface area contributed by atoms with Crippen molar-refractivity contribution in [3.05, 3.63) is 46.8 Å². The van der Waals surface area contributed by atoms with E-state index in [9.17, 15) is 5.11 Å². The maximum absolute atomic E-state index is 10.2. The van der Waals surface area contributed by atoms with Crippen LogP contribution < -0.4 is 10.2 Å². The van der Waals surface area contributed by atoms with Crippen molar-refractivity contribution in [3.63, 3.8) is 0 Å². The summed E-state index contributed by atoms with van der Waals surface area (Å²) in [7, 11) is 0. The molecule has 0 spiro atoms. The first-order chi connectivity index (χ1) is 12.3. The second kappa shape index (κ2) is 7.23. The zero-order valence-electron chi connectivity index (χ0n) is 16.5. The van der Waals surface area contributed by atoms with Crippen LogP contribution in [-0.4, -0.2) is 27.7 Å². The van der Waals surface area contributed by atoms with Gasteiger partial charge < -0.3 is 15.3 Å². The molecule has 2 aromatic rings. The Morgan fingerprint density at radius 1 is 1.23 bits per heavy atom. The number of nitrogens with zero attached hydrogens (tertiary/aromatic N) is 3. The maximum atomic E-state index is 10.2. The first-order valence-electron chi connectivity index (χ1n) is 9.48. The monoisotopic (exact) mass is 354 g/mol. The highest BCUT2D eigenvalue weighted by Gasteiger charge is 2.22. The van der Waals surface area contributed by atoms with Crippen LogP contribution in [0.5, 0.6) is 0 Å². The van der Waals surface area contributed by atoms with Gasteiger partial charge in [0.05, 0.1) is 5.60 Å². The molecule has 26 heavy (non-hydrogen) atoms. The van der Waals surface area contributed by atoms with E-state index in [-0.39, 0.29) is 0 Å². The maximum Gasteiger partial charge on any atom is 0.134 e. The minimum Gasteiger partial charge on any atom is -0.386 e. The van der Waals surface area contributed by atoms with E-state index in [2.05, 4.69) is 52.2 Å². The van der Waals surface area contributed by atoms with E-state index < -0.39 is 5.60 Å². The van der Waals surface area contributed by atoms with E-state index in [4.69, 9.17) is 0 Å². The molecule has 0 bridgehead atoms. The highest BCUT2D eigenvalue weighted by atomic mass is 16.3. The summed E-state index contributed by atoms with van der Waals surface area (Å²) in [5.74, 6) is 2.65. The summed E-state index contributed by atoms with van der Waals surface area (Å²) in [6, 6.07) is 8.76. The van der Waals surface area contributed by atoms with Gasteiger partial charge >= 0.3 is 0 Å². The molecule has 1 aliphatic heterocycles. The van der Waals surface area contributed by atoms with Crippen LogP contribution >= 0.6 is 0 Å². The second-order valence-corrected chi connectivity index (χ2v) is 7.83. The Morgan fingerprint density at radius 2 is 2.00 bits per heavy atom. The Labute approximate surface area is 156 Å². The fourth-order valence-electron chi connectivity index (χ4n) is 3.27. The molecule has 3 rings (SSSR count). The summed E-state index contributed by atoms with van der Waals surface area (Å²) in [4.78, 5) is 11.5. The number of aryl methyl sites for hydroxylation is 1. The third-order valence-corrected chi connectivity index (χ3v) is 5.08. The predicted octanol–water partition coefficient (Wildman–Crippen LogP) is 3.79. The summed E-state index contributed by atoms with van der Waals surface area (Å²) in [6.45, 7) is 11.7. The topological polar surface area (TPSA) is 61.3 Å². The molecule has 5 nitrogen and oxygen atoms in total. The van der Waals surface area contributed by atoms with Gasteiger partial charge in [-0.3, -0.25) is 0 Å². The van der Waals surface area contributed by atoms with Gasteiger partial charge in [-0.25, -0.2) is 9.97 Å². The van der Waals surface area contributed by atoms with Crippen LogP contribution in [0.25, 0.3) is 0 Å². The smallest absolute Gasteiger partial charge is 0.134 e. The molecule has 1 aromatic heterocycles. The molecule has 0 saturated carbocycles. The largest absolute Gasteiger partial charge is 0.386 e. The van der Waals surface area contributed by atoms with Crippen LogP contribution in [0.15, 0.2) is 24.3 Å². The molecule has 1 aliphatic rings. The minimum atomic E-state index is -0.799. The Bertz CT molecular complexity index is 782. The fourth-order valence-corrected chi connectivity index (χ4v) is 3.27. The molecule has 140 valence electrons. The lowest BCUT2D eigenvalue weighted by atomic mass is 9.91. The molecule has 0 fully saturated rings. The highest BCUT2D eigenvalue weighted by Crippen LogP contribution is 2.28. The molecule has 1 atom stereocenters. The lowest BCUT2D eigenvalue weighted by molar-refractivity contribution is 0.0785. The summed E-state index contributed by atoms with van der Waals surface area (Å²) in [6.07, 6.45) is 2.01. The SMILES string of the molecule is CC[C@H](C)Nc1cc(N2CCc3cc(C(C)(C)O)ccc3C2)nc(C)n1. The van der Waals surface area contributed by atoms with E-state index in [1.807, 2.05) is 26.8 Å². The minimum absolute atomic E-state index is 0.388. The molecular weight excluding hydrogens is 324 g/mol. The third-order valence-electron chi connectivity index (χ3n) is 5.08. The van der Waals surface area contributed by atoms with E-state index >= 15 is 0 Å². The van der Waals surface area contributed by atoms with Crippen LogP contribution in [0.3, 0.4) is 0 Å². The van der Waals surface area contributed by atoms with Crippen LogP contribution in [0.2, 0.25) is 0 Å². The van der Waals surface area contributed by atoms with E-state index in [0.29, 0.717) is 6.04 Å². The van der Waals surface area contributed by atoms with Gasteiger partial charge in [0.2, 0.25) is 0 Å². The summed E-state index contributed by atoms with van der Waals surface area (Å²) < 4.78 is 0. The van der Waals surface area contributed by atoms with Crippen molar-refractivity contribution in [2.75, 3.05) is 16.8 Å². The van der Waals surface area contributed by atoms with Crippen molar-refractivity contribution in [2.24, 2.45) is 0 Å². The van der Waals surface area contributed by atoms with Crippen molar-refractivity contribution >= 4 is 11.6 Å². The van der Waals surface area contributed by atoms with Gasteiger partial charge in [-0.1, -0.05) is 25.1 Å². The summed E-state index contributed by atoms with van der Waals surface area (Å²) >= 11 is 0. The molecule has 0 amide bonds. The number of hydrogen-bond donors (Lipinski definition) is 2. The second-order valence-electron chi connectivity index (χ2n) is 7.83. The average Bonchev–Trinajstić information content (AvgIpc) is 2.59. The number of anilines is 2. The van der Waals surface area contributed by atoms with Crippen LogP contribution in [-0.2, 0) is 18.6 Å². The van der Waals surface area contributed by atoms with Gasteiger partial charge in [0.1, 0.15) is 17.5 Å². The van der Waals surface area contributed by atoms with Crippen LogP contribution in [0, 0.1) is 6.92 Å². The number of aromatic nitrogens is 2. The average molecular weight is 354 g/mol. The first-order valence-corrected chi connectivity index (χ1v) is 9.48. The highest BCUT2D eigenvalue weighted by molar-refractivity contribution is 5.52. The molecule has 1 aromatic carbocycles. The lowest BCUT2D eigenvalue weighted by Gasteiger charge is -2.31. The van der Waals surface area contributed by atoms with Crippen LogP contribution in [0.4, 0.5) is 11.6 Å². The van der Waals surface area contributed by atoms with Gasteiger partial charge in [0.15, 0.2) is 0 Å². The van der Waals surface area contributed by atoms with Gasteiger partial charge in [-0.2, -0.15) is 0 Å². The molecule has 2 N–H and O–H groups in total. The van der Waals surface area contributed by atoms with E-state index in [1.165, 1.54) is 11.1 Å². The normalized spacial score (nSPS) is 15.5. The van der Waals surface area contributed by atoms with Crippen molar-refractivity contribution in [1.82, 2.24) is 9.97 Å². The zero-order valence-corrected chi connectivity index (χ0v) is 16.5. The number of hydrogen-bond acceptors (Lipinski definition) is 5. The Kier molecular flexibility index (Phi) is 5.19. The number of rotatable bonds is 5. The van der Waals surface area contributed by atoms with Gasteiger partial charge in [0, 0.05) is 25.2 Å². The zero-order chi connectivity index (χ0) is 18.9. The predicted molar refractivity (Wildman–Crippen MR) is 107 cm³/mol. The fraction of sp³-hybridized carbons (Fsp3) is 0.524. The molecule has 5 heteroatoms. The van der Waals surface area contributed by atoms with Gasteiger partial charge in [-0.15, -0.1) is 0 Å². The molecule has 0 aliphatic carbocycles. The van der Waals surface area contributed by atoms with Crippen molar-refractivity contribution in [2.45, 2.75) is 65.6 Å². The molecular formula is C21H30N4O. The van der Waals surface area contributed by atoms with Gasteiger partial charge in [0.25, 0.3) is 0 Å². The number of fused-ring (bicyclic) bond motifs is 1. The van der Waals surface area contributed by atoms with Crippen molar-refractivity contribution < 1.29 is 5.11 Å². The van der Waals surface area contributed by atoms with Crippen molar-refractivity contribution in [1.29, 1.82) is 0 Å². The number of nitrogens with one attached hydrogen (secondary N) is 1. The number of aliphatic hydroxyl groups is 1. The van der Waals surface area contributed by atoms with Crippen LogP contribution in [0.1, 0.15) is 56.6 Å². The van der Waals surface area contributed by atoms with Crippen molar-refractivity contribution in [3.8, 4) is 0 Å². The Balaban J connectivity index is 1.82. The molecule has 0 unspecified atom stereocenters.